The molecular formula is C35H35N13O11. The number of aromatic nitrogens is 9. The molecule has 306 valence electrons. The number of amides is 1. The van der Waals surface area contributed by atoms with Crippen molar-refractivity contribution in [2.75, 3.05) is 26.1 Å². The number of hydrogen-bond acceptors (Lipinski definition) is 20. The molecule has 1 amide bonds. The number of nitrogens with one attached hydrogen (secondary N) is 2. The van der Waals surface area contributed by atoms with Gasteiger partial charge in [0.05, 0.1) is 47.8 Å². The molecule has 59 heavy (non-hydrogen) atoms. The van der Waals surface area contributed by atoms with Crippen molar-refractivity contribution in [3.05, 3.63) is 52.8 Å². The number of aliphatic hydroxyl groups excluding tert-OH is 4. The normalized spacial score (nSPS) is 24.2. The van der Waals surface area contributed by atoms with E-state index in [1.807, 2.05) is 6.07 Å². The smallest absolute Gasteiger partial charge is 0.277 e. The van der Waals surface area contributed by atoms with Crippen molar-refractivity contribution in [1.29, 1.82) is 10.5 Å². The number of nitriles is 2. The minimum absolute atomic E-state index is 0.0106. The Labute approximate surface area is 331 Å². The average Bonchev–Trinajstić information content (AvgIpc) is 4.03. The number of nitrogens with two attached hydrogens (primary N) is 1. The van der Waals surface area contributed by atoms with Gasteiger partial charge in [-0.15, -0.1) is 0 Å². The highest BCUT2D eigenvalue weighted by molar-refractivity contribution is 6.08. The first-order valence-electron chi connectivity index (χ1n) is 17.8. The van der Waals surface area contributed by atoms with Crippen molar-refractivity contribution < 1.29 is 54.0 Å². The van der Waals surface area contributed by atoms with Crippen LogP contribution in [0.15, 0.2) is 18.6 Å². The maximum absolute atomic E-state index is 13.2. The van der Waals surface area contributed by atoms with Crippen LogP contribution in [0, 0.1) is 43.4 Å². The standard InChI is InChI=1S/C35H35N13O11/c1-12-40-27(38)22-17(7-39-28(22)41-12)31(53)46-57-25-19(11-50)56-34(24(25)52)47-8-16(6-37)21-30(47)43-14(3)45-33(21)59-58-26-23(51)18(10-49)55-35(26)48-9-15(5-36)20-29(48)42-13(2)44-32(20)54-4/h7-9,18-19,23-26,34-35,49-52H,10-11H2,1-4H3,(H,46,53)(H3,38,39,40,41)/t18?,19-,23-,24-,25-,26-,34-,35-/m1/s1. The van der Waals surface area contributed by atoms with Crippen LogP contribution in [0.4, 0.5) is 5.82 Å². The molecule has 2 saturated heterocycles. The quantitative estimate of drug-likeness (QED) is 0.0629. The lowest BCUT2D eigenvalue weighted by Gasteiger charge is -2.21. The molecule has 8 N–H and O–H groups in total. The van der Waals surface area contributed by atoms with E-state index in [-0.39, 0.29) is 67.5 Å². The highest BCUT2D eigenvalue weighted by Gasteiger charge is 2.49. The number of methoxy groups -OCH3 is 1. The van der Waals surface area contributed by atoms with Gasteiger partial charge >= 0.3 is 0 Å². The molecule has 24 heteroatoms. The molecule has 2 fully saturated rings. The molecule has 0 bridgehead atoms. The highest BCUT2D eigenvalue weighted by Crippen LogP contribution is 2.40. The largest absolute Gasteiger partial charge is 0.480 e. The van der Waals surface area contributed by atoms with Gasteiger partial charge in [0.15, 0.2) is 29.9 Å². The van der Waals surface area contributed by atoms with Crippen LogP contribution >= 0.6 is 0 Å². The van der Waals surface area contributed by atoms with Gasteiger partial charge < -0.3 is 59.4 Å². The SMILES string of the molecule is COc1nc(C)nc2c1c(C#N)cn2[C@@H]1OC(CO)[C@@H](O)[C@H]1OOc1nc(C)nc2c1c(C#N)cn2[C@@H]1O[C@H](CO)[C@@H](ONC(=O)c2c[nH]c3nc(C)nc(N)c23)[C@H]1O. The molecule has 1 unspecified atom stereocenters. The molecule has 2 aliphatic rings. The van der Waals surface area contributed by atoms with Gasteiger partial charge in [-0.05, 0) is 20.8 Å². The third-order valence-electron chi connectivity index (χ3n) is 9.91. The maximum atomic E-state index is 13.2. The van der Waals surface area contributed by atoms with Crippen LogP contribution in [0.3, 0.4) is 0 Å². The molecule has 0 aromatic carbocycles. The van der Waals surface area contributed by atoms with Gasteiger partial charge in [-0.2, -0.15) is 25.4 Å². The maximum Gasteiger partial charge on any atom is 0.277 e. The number of carbonyl (C=O) groups excluding carboxylic acids is 1. The van der Waals surface area contributed by atoms with Crippen LogP contribution in [0.25, 0.3) is 33.1 Å². The van der Waals surface area contributed by atoms with Crippen LogP contribution in [-0.4, -0.2) is 127 Å². The molecule has 6 aromatic rings. The van der Waals surface area contributed by atoms with E-state index in [9.17, 15) is 35.7 Å². The van der Waals surface area contributed by atoms with Crippen LogP contribution < -0.4 is 20.8 Å². The Kier molecular flexibility index (Phi) is 10.2. The summed E-state index contributed by atoms with van der Waals surface area (Å²) in [6.07, 6.45) is -6.58. The number of carbonyl (C=O) groups is 1. The predicted molar refractivity (Wildman–Crippen MR) is 195 cm³/mol. The molecule has 0 saturated carbocycles. The number of nitrogens with zero attached hydrogens (tertiary/aromatic N) is 10. The van der Waals surface area contributed by atoms with Gasteiger partial charge in [0.25, 0.3) is 11.8 Å². The number of fused-ring (bicyclic) bond motifs is 3. The molecule has 24 nitrogen and oxygen atoms in total. The van der Waals surface area contributed by atoms with Gasteiger partial charge in [-0.25, -0.2) is 25.4 Å². The van der Waals surface area contributed by atoms with E-state index in [0.29, 0.717) is 17.3 Å². The monoisotopic (exact) mass is 813 g/mol. The summed E-state index contributed by atoms with van der Waals surface area (Å²) in [6, 6.07) is 4.11. The number of aromatic amines is 1. The minimum atomic E-state index is -1.56. The van der Waals surface area contributed by atoms with E-state index >= 15 is 0 Å². The number of aryl methyl sites for hydroxylation is 3. The third-order valence-corrected chi connectivity index (χ3v) is 9.91. The zero-order valence-corrected chi connectivity index (χ0v) is 31.5. The van der Waals surface area contributed by atoms with Crippen molar-refractivity contribution in [2.45, 2.75) is 69.9 Å². The molecular weight excluding hydrogens is 778 g/mol. The summed E-state index contributed by atoms with van der Waals surface area (Å²) in [5.41, 5.74) is 9.03. The van der Waals surface area contributed by atoms with Crippen molar-refractivity contribution in [3.63, 3.8) is 0 Å². The lowest BCUT2D eigenvalue weighted by atomic mass is 10.1. The zero-order chi connectivity index (χ0) is 41.9. The number of anilines is 1. The summed E-state index contributed by atoms with van der Waals surface area (Å²) in [4.78, 5) is 59.1. The molecule has 6 aromatic heterocycles. The molecule has 0 spiro atoms. The van der Waals surface area contributed by atoms with E-state index in [0.717, 1.165) is 0 Å². The topological polar surface area (TPSA) is 342 Å². The minimum Gasteiger partial charge on any atom is -0.480 e. The van der Waals surface area contributed by atoms with Gasteiger partial charge in [0, 0.05) is 18.6 Å². The van der Waals surface area contributed by atoms with Crippen LogP contribution in [0.1, 0.15) is 51.4 Å². The lowest BCUT2D eigenvalue weighted by Crippen LogP contribution is -2.41. The Morgan fingerprint density at radius 1 is 0.847 bits per heavy atom. The highest BCUT2D eigenvalue weighted by atomic mass is 17.2. The second kappa shape index (κ2) is 15.3. The van der Waals surface area contributed by atoms with Crippen molar-refractivity contribution in [2.24, 2.45) is 0 Å². The summed E-state index contributed by atoms with van der Waals surface area (Å²) in [5, 5.41) is 63.7. The molecule has 8 atom stereocenters. The number of hydroxylamine groups is 1. The number of nitrogen functional groups attached to an aromatic ring is 1. The first-order valence-corrected chi connectivity index (χ1v) is 17.8. The van der Waals surface area contributed by atoms with E-state index in [1.54, 1.807) is 13.8 Å². The Morgan fingerprint density at radius 2 is 1.44 bits per heavy atom. The van der Waals surface area contributed by atoms with E-state index < -0.39 is 68.2 Å². The summed E-state index contributed by atoms with van der Waals surface area (Å²) in [7, 11) is 1.39. The van der Waals surface area contributed by atoms with Gasteiger partial charge in [-0.1, -0.05) is 0 Å². The van der Waals surface area contributed by atoms with E-state index in [2.05, 4.69) is 46.4 Å². The Morgan fingerprint density at radius 3 is 2.07 bits per heavy atom. The van der Waals surface area contributed by atoms with E-state index in [4.69, 9.17) is 34.6 Å². The predicted octanol–water partition coefficient (Wildman–Crippen LogP) is -0.683. The van der Waals surface area contributed by atoms with Crippen LogP contribution in [0.5, 0.6) is 11.8 Å². The van der Waals surface area contributed by atoms with Crippen molar-refractivity contribution in [3.8, 4) is 23.9 Å². The number of hydrogen-bond donors (Lipinski definition) is 7. The fourth-order valence-corrected chi connectivity index (χ4v) is 7.28. The fraction of sp³-hybridized carbons (Fsp3) is 0.400. The van der Waals surface area contributed by atoms with Crippen molar-refractivity contribution >= 4 is 44.8 Å². The molecule has 0 aliphatic carbocycles. The molecule has 8 heterocycles. The average molecular weight is 814 g/mol. The van der Waals surface area contributed by atoms with Crippen molar-refractivity contribution in [1.82, 2.24) is 49.5 Å². The van der Waals surface area contributed by atoms with Gasteiger partial charge in [-0.3, -0.25) is 9.63 Å². The third kappa shape index (κ3) is 6.55. The Balaban J connectivity index is 1.07. The van der Waals surface area contributed by atoms with Gasteiger partial charge in [0.2, 0.25) is 5.88 Å². The first-order chi connectivity index (χ1) is 28.4. The molecule has 8 rings (SSSR count). The second-order valence-corrected chi connectivity index (χ2v) is 13.6. The summed E-state index contributed by atoms with van der Waals surface area (Å²) >= 11 is 0. The number of aliphatic hydroxyl groups is 4. The summed E-state index contributed by atoms with van der Waals surface area (Å²) in [6.45, 7) is 3.53. The fourth-order valence-electron chi connectivity index (χ4n) is 7.28. The Bertz CT molecular complexity index is 2700. The Hall–Kier alpha value is -6.61. The first kappa shape index (κ1) is 39.2. The zero-order valence-electron chi connectivity index (χ0n) is 31.5. The van der Waals surface area contributed by atoms with Gasteiger partial charge in [0.1, 0.15) is 77.0 Å². The second-order valence-electron chi connectivity index (χ2n) is 13.6. The lowest BCUT2D eigenvalue weighted by molar-refractivity contribution is -0.276. The number of H-pyrrole nitrogens is 1. The van der Waals surface area contributed by atoms with E-state index in [1.165, 1.54) is 41.8 Å². The summed E-state index contributed by atoms with van der Waals surface area (Å²) in [5.74, 6) is -0.0222. The van der Waals surface area contributed by atoms with Crippen LogP contribution in [-0.2, 0) is 19.2 Å². The number of rotatable bonds is 11. The molecule has 2 aliphatic heterocycles. The number of ether oxygens (including phenoxy) is 3. The molecule has 0 radical (unpaired) electrons. The van der Waals surface area contributed by atoms with Crippen LogP contribution in [0.2, 0.25) is 0 Å². The summed E-state index contributed by atoms with van der Waals surface area (Å²) < 4.78 is 20.1.